The number of halogens is 1. The molecule has 2 aromatic carbocycles. The molecule has 0 amide bonds. The van der Waals surface area contributed by atoms with Crippen molar-refractivity contribution in [3.8, 4) is 22.0 Å². The third-order valence-corrected chi connectivity index (χ3v) is 5.61. The van der Waals surface area contributed by atoms with Crippen molar-refractivity contribution in [3.05, 3.63) is 70.3 Å². The first-order valence-corrected chi connectivity index (χ1v) is 10.2. The summed E-state index contributed by atoms with van der Waals surface area (Å²) in [4.78, 5) is 16.3. The van der Waals surface area contributed by atoms with Gasteiger partial charge in [0.25, 0.3) is 0 Å². The van der Waals surface area contributed by atoms with E-state index in [4.69, 9.17) is 16.3 Å². The van der Waals surface area contributed by atoms with Gasteiger partial charge >= 0.3 is 5.97 Å². The van der Waals surface area contributed by atoms with Gasteiger partial charge in [0.05, 0.1) is 40.3 Å². The molecule has 0 spiro atoms. The van der Waals surface area contributed by atoms with E-state index in [-0.39, 0.29) is 5.56 Å². The highest BCUT2D eigenvalue weighted by atomic mass is 35.5. The van der Waals surface area contributed by atoms with Gasteiger partial charge in [0, 0.05) is 11.6 Å². The maximum atomic E-state index is 11.9. The quantitative estimate of drug-likeness (QED) is 0.416. The van der Waals surface area contributed by atoms with Gasteiger partial charge in [-0.05, 0) is 37.3 Å². The van der Waals surface area contributed by atoms with Crippen molar-refractivity contribution in [1.82, 2.24) is 14.8 Å². The summed E-state index contributed by atoms with van der Waals surface area (Å²) in [7, 11) is 1.49. The van der Waals surface area contributed by atoms with Crippen LogP contribution in [0.15, 0.2) is 54.0 Å². The Labute approximate surface area is 181 Å². The number of benzene rings is 2. The average molecular weight is 441 g/mol. The SMILES string of the molecule is COc1ccc(Nc2c(-c3nccs3)c(C)nn2-c2ccccc2Cl)c(C(=O)O)c1. The summed E-state index contributed by atoms with van der Waals surface area (Å²) in [6.07, 6.45) is 1.71. The van der Waals surface area contributed by atoms with Crippen LogP contribution in [0.3, 0.4) is 0 Å². The van der Waals surface area contributed by atoms with Crippen molar-refractivity contribution in [2.45, 2.75) is 6.92 Å². The molecule has 2 heterocycles. The molecule has 0 aliphatic rings. The number of carboxylic acid groups (broad SMARTS) is 1. The monoisotopic (exact) mass is 440 g/mol. The minimum atomic E-state index is -1.08. The Morgan fingerprint density at radius 3 is 2.73 bits per heavy atom. The second-order valence-electron chi connectivity index (χ2n) is 6.35. The maximum Gasteiger partial charge on any atom is 0.337 e. The number of rotatable bonds is 6. The Morgan fingerprint density at radius 2 is 2.07 bits per heavy atom. The molecule has 4 rings (SSSR count). The summed E-state index contributed by atoms with van der Waals surface area (Å²) in [5.41, 5.74) is 2.64. The second kappa shape index (κ2) is 8.17. The molecule has 30 heavy (non-hydrogen) atoms. The highest BCUT2D eigenvalue weighted by molar-refractivity contribution is 7.13. The summed E-state index contributed by atoms with van der Waals surface area (Å²) in [6, 6.07) is 12.1. The smallest absolute Gasteiger partial charge is 0.337 e. The number of methoxy groups -OCH3 is 1. The number of para-hydroxylation sites is 1. The molecule has 0 aliphatic carbocycles. The molecular weight excluding hydrogens is 424 g/mol. The third-order valence-electron chi connectivity index (χ3n) is 4.50. The van der Waals surface area contributed by atoms with E-state index in [1.54, 1.807) is 29.1 Å². The van der Waals surface area contributed by atoms with Crippen LogP contribution in [0.5, 0.6) is 5.75 Å². The van der Waals surface area contributed by atoms with E-state index in [9.17, 15) is 9.90 Å². The van der Waals surface area contributed by atoms with Crippen LogP contribution >= 0.6 is 22.9 Å². The van der Waals surface area contributed by atoms with Gasteiger partial charge in [-0.2, -0.15) is 5.10 Å². The zero-order chi connectivity index (χ0) is 21.3. The topological polar surface area (TPSA) is 89.3 Å². The first-order chi connectivity index (χ1) is 14.5. The summed E-state index contributed by atoms with van der Waals surface area (Å²) in [5, 5.41) is 20.8. The van der Waals surface area contributed by atoms with Gasteiger partial charge in [-0.1, -0.05) is 23.7 Å². The molecular formula is C21H17ClN4O3S. The molecule has 0 saturated carbocycles. The lowest BCUT2D eigenvalue weighted by Gasteiger charge is -2.15. The van der Waals surface area contributed by atoms with Crippen molar-refractivity contribution in [1.29, 1.82) is 0 Å². The van der Waals surface area contributed by atoms with Gasteiger partial charge < -0.3 is 15.2 Å². The zero-order valence-electron chi connectivity index (χ0n) is 16.1. The van der Waals surface area contributed by atoms with E-state index < -0.39 is 5.97 Å². The lowest BCUT2D eigenvalue weighted by atomic mass is 10.1. The largest absolute Gasteiger partial charge is 0.497 e. The standard InChI is InChI=1S/C21H17ClN4O3S/c1-12-18(20-23-9-10-30-20)19(26(25-12)17-6-4-3-5-15(17)22)24-16-8-7-13(29-2)11-14(16)21(27)28/h3-11,24H,1-2H3,(H,27,28). The number of ether oxygens (including phenoxy) is 1. The van der Waals surface area contributed by atoms with Crippen LogP contribution in [0.2, 0.25) is 5.02 Å². The predicted octanol–water partition coefficient (Wildman–Crippen LogP) is 5.41. The Hall–Kier alpha value is -3.36. The van der Waals surface area contributed by atoms with Crippen molar-refractivity contribution in [2.24, 2.45) is 0 Å². The fraction of sp³-hybridized carbons (Fsp3) is 0.0952. The van der Waals surface area contributed by atoms with Crippen molar-refractivity contribution in [2.75, 3.05) is 12.4 Å². The maximum absolute atomic E-state index is 11.9. The van der Waals surface area contributed by atoms with E-state index >= 15 is 0 Å². The fourth-order valence-corrected chi connectivity index (χ4v) is 4.06. The Bertz CT molecular complexity index is 1220. The van der Waals surface area contributed by atoms with Gasteiger partial charge in [0.15, 0.2) is 0 Å². The van der Waals surface area contributed by atoms with Crippen LogP contribution < -0.4 is 10.1 Å². The summed E-state index contributed by atoms with van der Waals surface area (Å²) in [6.45, 7) is 1.88. The molecule has 2 aromatic heterocycles. The van der Waals surface area contributed by atoms with Crippen molar-refractivity contribution < 1.29 is 14.6 Å². The molecule has 2 N–H and O–H groups in total. The van der Waals surface area contributed by atoms with E-state index in [1.807, 2.05) is 30.5 Å². The zero-order valence-corrected chi connectivity index (χ0v) is 17.7. The molecule has 4 aromatic rings. The van der Waals surface area contributed by atoms with Crippen molar-refractivity contribution >= 4 is 40.4 Å². The molecule has 0 bridgehead atoms. The van der Waals surface area contributed by atoms with Crippen LogP contribution in [0.1, 0.15) is 16.1 Å². The molecule has 152 valence electrons. The van der Waals surface area contributed by atoms with Crippen LogP contribution in [-0.4, -0.2) is 33.0 Å². The Morgan fingerprint density at radius 1 is 1.27 bits per heavy atom. The molecule has 0 unspecified atom stereocenters. The van der Waals surface area contributed by atoms with Crippen LogP contribution in [0.4, 0.5) is 11.5 Å². The van der Waals surface area contributed by atoms with Crippen LogP contribution in [0.25, 0.3) is 16.3 Å². The van der Waals surface area contributed by atoms with Crippen LogP contribution in [0, 0.1) is 6.92 Å². The molecule has 9 heteroatoms. The van der Waals surface area contributed by atoms with Crippen molar-refractivity contribution in [3.63, 3.8) is 0 Å². The number of carbonyl (C=O) groups is 1. The van der Waals surface area contributed by atoms with E-state index in [1.165, 1.54) is 24.5 Å². The van der Waals surface area contributed by atoms with Gasteiger partial charge in [-0.15, -0.1) is 11.3 Å². The Balaban J connectivity index is 1.93. The minimum absolute atomic E-state index is 0.0731. The number of nitrogens with zero attached hydrogens (tertiary/aromatic N) is 3. The molecule has 0 atom stereocenters. The minimum Gasteiger partial charge on any atom is -0.497 e. The number of aromatic carboxylic acids is 1. The molecule has 7 nitrogen and oxygen atoms in total. The number of aromatic nitrogens is 3. The number of thiazole rings is 1. The highest BCUT2D eigenvalue weighted by Crippen LogP contribution is 2.38. The second-order valence-corrected chi connectivity index (χ2v) is 7.65. The van der Waals surface area contributed by atoms with Crippen LogP contribution in [-0.2, 0) is 0 Å². The summed E-state index contributed by atoms with van der Waals surface area (Å²) < 4.78 is 6.84. The van der Waals surface area contributed by atoms with Gasteiger partial charge in [0.2, 0.25) is 0 Å². The lowest BCUT2D eigenvalue weighted by Crippen LogP contribution is -2.08. The predicted molar refractivity (Wildman–Crippen MR) is 118 cm³/mol. The van der Waals surface area contributed by atoms with E-state index in [0.717, 1.165) is 16.3 Å². The number of nitrogens with one attached hydrogen (secondary N) is 1. The summed E-state index contributed by atoms with van der Waals surface area (Å²) in [5.74, 6) is -0.0511. The third kappa shape index (κ3) is 3.62. The molecule has 0 saturated heterocycles. The number of aryl methyl sites for hydroxylation is 1. The fourth-order valence-electron chi connectivity index (χ4n) is 3.11. The first-order valence-electron chi connectivity index (χ1n) is 8.92. The Kier molecular flexibility index (Phi) is 5.43. The van der Waals surface area contributed by atoms with Gasteiger partial charge in [-0.3, -0.25) is 0 Å². The molecule has 0 aliphatic heterocycles. The number of anilines is 2. The number of hydrogen-bond donors (Lipinski definition) is 2. The van der Waals surface area contributed by atoms with Gasteiger partial charge in [-0.25, -0.2) is 14.5 Å². The van der Waals surface area contributed by atoms with E-state index in [2.05, 4.69) is 15.4 Å². The molecule has 0 fully saturated rings. The first kappa shape index (κ1) is 19.9. The normalized spacial score (nSPS) is 10.8. The van der Waals surface area contributed by atoms with Gasteiger partial charge in [0.1, 0.15) is 16.6 Å². The number of hydrogen-bond acceptors (Lipinski definition) is 6. The highest BCUT2D eigenvalue weighted by Gasteiger charge is 2.23. The summed E-state index contributed by atoms with van der Waals surface area (Å²) >= 11 is 7.90. The average Bonchev–Trinajstić information content (AvgIpc) is 3.36. The lowest BCUT2D eigenvalue weighted by molar-refractivity contribution is 0.0697. The van der Waals surface area contributed by atoms with E-state index in [0.29, 0.717) is 28.0 Å². The molecule has 0 radical (unpaired) electrons. The number of carboxylic acids is 1.